The SMILES string of the molecule is COc1cc(C(=O)N2CCC[C@H]2C(=O)O)cc(OC)c1C. The molecule has 0 aliphatic carbocycles. The Kier molecular flexibility index (Phi) is 4.35. The summed E-state index contributed by atoms with van der Waals surface area (Å²) in [7, 11) is 3.04. The molecule has 6 nitrogen and oxygen atoms in total. The number of benzene rings is 1. The molecule has 1 saturated heterocycles. The lowest BCUT2D eigenvalue weighted by atomic mass is 10.1. The standard InChI is InChI=1S/C15H19NO5/c1-9-12(20-2)7-10(8-13(9)21-3)14(17)16-6-4-5-11(16)15(18)19/h7-8,11H,4-6H2,1-3H3,(H,18,19)/t11-/m0/s1. The number of nitrogens with zero attached hydrogens (tertiary/aromatic N) is 1. The number of ether oxygens (including phenoxy) is 2. The minimum Gasteiger partial charge on any atom is -0.496 e. The fourth-order valence-electron chi connectivity index (χ4n) is 2.64. The van der Waals surface area contributed by atoms with E-state index in [0.29, 0.717) is 36.4 Å². The van der Waals surface area contributed by atoms with Gasteiger partial charge in [0.25, 0.3) is 5.91 Å². The number of hydrogen-bond donors (Lipinski definition) is 1. The van der Waals surface area contributed by atoms with Crippen molar-refractivity contribution in [1.29, 1.82) is 0 Å². The predicted molar refractivity (Wildman–Crippen MR) is 76.0 cm³/mol. The van der Waals surface area contributed by atoms with E-state index in [2.05, 4.69) is 0 Å². The van der Waals surface area contributed by atoms with Gasteiger partial charge in [0.1, 0.15) is 17.5 Å². The zero-order valence-electron chi connectivity index (χ0n) is 12.4. The van der Waals surface area contributed by atoms with Gasteiger partial charge in [-0.15, -0.1) is 0 Å². The van der Waals surface area contributed by atoms with Gasteiger partial charge in [-0.1, -0.05) is 0 Å². The van der Waals surface area contributed by atoms with Crippen LogP contribution in [-0.4, -0.2) is 48.7 Å². The molecular formula is C15H19NO5. The van der Waals surface area contributed by atoms with Crippen molar-refractivity contribution in [3.05, 3.63) is 23.3 Å². The second kappa shape index (κ2) is 6.03. The zero-order chi connectivity index (χ0) is 15.6. The highest BCUT2D eigenvalue weighted by Gasteiger charge is 2.34. The van der Waals surface area contributed by atoms with Crippen LogP contribution in [0.5, 0.6) is 11.5 Å². The molecule has 0 radical (unpaired) electrons. The molecule has 1 N–H and O–H groups in total. The predicted octanol–water partition coefficient (Wildman–Crippen LogP) is 1.70. The number of rotatable bonds is 4. The fourth-order valence-corrected chi connectivity index (χ4v) is 2.64. The maximum absolute atomic E-state index is 12.6. The zero-order valence-corrected chi connectivity index (χ0v) is 12.4. The van der Waals surface area contributed by atoms with Crippen molar-refractivity contribution in [1.82, 2.24) is 4.90 Å². The molecule has 0 unspecified atom stereocenters. The van der Waals surface area contributed by atoms with Gasteiger partial charge in [0.05, 0.1) is 14.2 Å². The van der Waals surface area contributed by atoms with Crippen molar-refractivity contribution in [3.8, 4) is 11.5 Å². The second-order valence-corrected chi connectivity index (χ2v) is 5.00. The van der Waals surface area contributed by atoms with E-state index in [4.69, 9.17) is 9.47 Å². The van der Waals surface area contributed by atoms with E-state index in [1.807, 2.05) is 6.92 Å². The van der Waals surface area contributed by atoms with Gasteiger partial charge in [0, 0.05) is 17.7 Å². The van der Waals surface area contributed by atoms with Crippen LogP contribution in [0.15, 0.2) is 12.1 Å². The van der Waals surface area contributed by atoms with Gasteiger partial charge >= 0.3 is 5.97 Å². The summed E-state index contributed by atoms with van der Waals surface area (Å²) in [6, 6.07) is 2.49. The molecule has 114 valence electrons. The summed E-state index contributed by atoms with van der Waals surface area (Å²) in [6.07, 6.45) is 1.18. The number of aliphatic carboxylic acids is 1. The van der Waals surface area contributed by atoms with Gasteiger partial charge in [-0.3, -0.25) is 4.79 Å². The van der Waals surface area contributed by atoms with Crippen LogP contribution < -0.4 is 9.47 Å². The summed E-state index contributed by atoms with van der Waals surface area (Å²) in [4.78, 5) is 25.2. The maximum Gasteiger partial charge on any atom is 0.326 e. The van der Waals surface area contributed by atoms with Crippen LogP contribution in [0.1, 0.15) is 28.8 Å². The molecule has 1 amide bonds. The Morgan fingerprint density at radius 2 is 1.81 bits per heavy atom. The van der Waals surface area contributed by atoms with Crippen LogP contribution >= 0.6 is 0 Å². The number of carbonyl (C=O) groups excluding carboxylic acids is 1. The molecule has 0 saturated carbocycles. The van der Waals surface area contributed by atoms with E-state index < -0.39 is 12.0 Å². The first-order chi connectivity index (χ1) is 9.99. The highest BCUT2D eigenvalue weighted by atomic mass is 16.5. The summed E-state index contributed by atoms with van der Waals surface area (Å²) in [5.41, 5.74) is 1.18. The van der Waals surface area contributed by atoms with Crippen LogP contribution in [0.4, 0.5) is 0 Å². The first-order valence-corrected chi connectivity index (χ1v) is 6.76. The normalized spacial score (nSPS) is 17.7. The second-order valence-electron chi connectivity index (χ2n) is 5.00. The van der Waals surface area contributed by atoms with Crippen molar-refractivity contribution in [2.24, 2.45) is 0 Å². The average Bonchev–Trinajstić information content (AvgIpc) is 2.96. The molecule has 1 aliphatic heterocycles. The Hall–Kier alpha value is -2.24. The number of hydrogen-bond acceptors (Lipinski definition) is 4. The third-order valence-corrected chi connectivity index (χ3v) is 3.80. The third-order valence-electron chi connectivity index (χ3n) is 3.80. The van der Waals surface area contributed by atoms with Gasteiger partial charge in [0.2, 0.25) is 0 Å². The van der Waals surface area contributed by atoms with Crippen LogP contribution in [0, 0.1) is 6.92 Å². The van der Waals surface area contributed by atoms with Crippen molar-refractivity contribution >= 4 is 11.9 Å². The van der Waals surface area contributed by atoms with E-state index in [1.54, 1.807) is 12.1 Å². The van der Waals surface area contributed by atoms with Gasteiger partial charge < -0.3 is 19.5 Å². The quantitative estimate of drug-likeness (QED) is 0.914. The summed E-state index contributed by atoms with van der Waals surface area (Å²) in [5, 5.41) is 9.18. The van der Waals surface area contributed by atoms with E-state index in [0.717, 1.165) is 5.56 Å². The summed E-state index contributed by atoms with van der Waals surface area (Å²) >= 11 is 0. The van der Waals surface area contributed by atoms with Crippen LogP contribution in [0.2, 0.25) is 0 Å². The molecule has 0 bridgehead atoms. The van der Waals surface area contributed by atoms with Gasteiger partial charge in [0.15, 0.2) is 0 Å². The molecule has 21 heavy (non-hydrogen) atoms. The number of carboxylic acids is 1. The van der Waals surface area contributed by atoms with Crippen molar-refractivity contribution in [2.45, 2.75) is 25.8 Å². The highest BCUT2D eigenvalue weighted by molar-refractivity contribution is 5.97. The Bertz CT molecular complexity index is 544. The van der Waals surface area contributed by atoms with Crippen LogP contribution in [0.3, 0.4) is 0 Å². The molecule has 1 aliphatic rings. The van der Waals surface area contributed by atoms with E-state index in [1.165, 1.54) is 19.1 Å². The van der Waals surface area contributed by atoms with Gasteiger partial charge in [-0.05, 0) is 31.9 Å². The van der Waals surface area contributed by atoms with Gasteiger partial charge in [-0.2, -0.15) is 0 Å². The molecule has 1 heterocycles. The van der Waals surface area contributed by atoms with Gasteiger partial charge in [-0.25, -0.2) is 4.79 Å². The Balaban J connectivity index is 2.37. The minimum atomic E-state index is -0.966. The average molecular weight is 293 g/mol. The summed E-state index contributed by atoms with van der Waals surface area (Å²) in [5.74, 6) is -0.184. The van der Waals surface area contributed by atoms with E-state index >= 15 is 0 Å². The smallest absolute Gasteiger partial charge is 0.326 e. The molecule has 1 aromatic rings. The lowest BCUT2D eigenvalue weighted by Gasteiger charge is -2.22. The molecule has 0 aromatic heterocycles. The molecule has 1 atom stereocenters. The number of carbonyl (C=O) groups is 2. The Labute approximate surface area is 123 Å². The highest BCUT2D eigenvalue weighted by Crippen LogP contribution is 2.31. The molecule has 0 spiro atoms. The number of methoxy groups -OCH3 is 2. The Morgan fingerprint density at radius 1 is 1.24 bits per heavy atom. The lowest BCUT2D eigenvalue weighted by Crippen LogP contribution is -2.40. The van der Waals surface area contributed by atoms with E-state index in [9.17, 15) is 14.7 Å². The fraction of sp³-hybridized carbons (Fsp3) is 0.467. The third kappa shape index (κ3) is 2.79. The molecule has 1 fully saturated rings. The van der Waals surface area contributed by atoms with E-state index in [-0.39, 0.29) is 5.91 Å². The first-order valence-electron chi connectivity index (χ1n) is 6.76. The van der Waals surface area contributed by atoms with Crippen LogP contribution in [0.25, 0.3) is 0 Å². The van der Waals surface area contributed by atoms with Crippen molar-refractivity contribution in [3.63, 3.8) is 0 Å². The number of amides is 1. The van der Waals surface area contributed by atoms with Crippen LogP contribution in [-0.2, 0) is 4.79 Å². The van der Waals surface area contributed by atoms with Crippen molar-refractivity contribution < 1.29 is 24.2 Å². The minimum absolute atomic E-state index is 0.309. The first kappa shape index (κ1) is 15.2. The lowest BCUT2D eigenvalue weighted by molar-refractivity contribution is -0.141. The molecular weight excluding hydrogens is 274 g/mol. The Morgan fingerprint density at radius 3 is 2.29 bits per heavy atom. The largest absolute Gasteiger partial charge is 0.496 e. The number of carboxylic acid groups (broad SMARTS) is 1. The monoisotopic (exact) mass is 293 g/mol. The summed E-state index contributed by atoms with van der Waals surface area (Å²) < 4.78 is 10.5. The molecule has 2 rings (SSSR count). The molecule has 1 aromatic carbocycles. The molecule has 6 heteroatoms. The van der Waals surface area contributed by atoms with Crippen molar-refractivity contribution in [2.75, 3.05) is 20.8 Å². The topological polar surface area (TPSA) is 76.1 Å². The summed E-state index contributed by atoms with van der Waals surface area (Å²) in [6.45, 7) is 2.29. The number of likely N-dealkylation sites (tertiary alicyclic amines) is 1. The maximum atomic E-state index is 12.6.